The van der Waals surface area contributed by atoms with Gasteiger partial charge < -0.3 is 15.5 Å². The van der Waals surface area contributed by atoms with Crippen LogP contribution in [0.1, 0.15) is 22.3 Å². The number of anilines is 2. The van der Waals surface area contributed by atoms with Gasteiger partial charge in [-0.05, 0) is 43.2 Å². The van der Waals surface area contributed by atoms with E-state index in [-0.39, 0.29) is 19.2 Å². The van der Waals surface area contributed by atoms with Crippen LogP contribution in [0, 0.1) is 13.8 Å². The molecule has 5 nitrogen and oxygen atoms in total. The zero-order valence-corrected chi connectivity index (χ0v) is 17.5. The molecule has 0 saturated carbocycles. The Morgan fingerprint density at radius 1 is 0.812 bits per heavy atom. The number of rotatable bonds is 6. The van der Waals surface area contributed by atoms with Crippen LogP contribution in [0.5, 0.6) is 0 Å². The Balaban J connectivity index is 2.04. The predicted molar refractivity (Wildman–Crippen MR) is 106 cm³/mol. The van der Waals surface area contributed by atoms with Crippen LogP contribution in [-0.4, -0.2) is 32.0 Å². The van der Waals surface area contributed by atoms with Gasteiger partial charge >= 0.3 is 12.4 Å². The zero-order chi connectivity index (χ0) is 24.3. The lowest BCUT2D eigenvalue weighted by molar-refractivity contribution is -0.862. The quantitative estimate of drug-likeness (QED) is 0.576. The summed E-state index contributed by atoms with van der Waals surface area (Å²) in [7, 11) is 1.50. The molecule has 2 rings (SSSR count). The molecule has 2 aromatic rings. The molecule has 0 aromatic heterocycles. The first-order chi connectivity index (χ1) is 14.7. The fraction of sp³-hybridized carbons (Fsp3) is 0.333. The third kappa shape index (κ3) is 6.98. The summed E-state index contributed by atoms with van der Waals surface area (Å²) >= 11 is 0. The van der Waals surface area contributed by atoms with Crippen LogP contribution < -0.4 is 15.5 Å². The van der Waals surface area contributed by atoms with Crippen molar-refractivity contribution in [2.75, 3.05) is 30.8 Å². The second kappa shape index (κ2) is 9.60. The number of halogens is 6. The van der Waals surface area contributed by atoms with Crippen molar-refractivity contribution in [2.45, 2.75) is 26.2 Å². The Morgan fingerprint density at radius 2 is 1.25 bits per heavy atom. The van der Waals surface area contributed by atoms with Crippen molar-refractivity contribution in [1.82, 2.24) is 0 Å². The van der Waals surface area contributed by atoms with E-state index in [1.807, 2.05) is 37.4 Å². The molecule has 0 aliphatic heterocycles. The number of alkyl halides is 6. The fourth-order valence-electron chi connectivity index (χ4n) is 3.04. The predicted octanol–water partition coefficient (Wildman–Crippen LogP) is 3.43. The molecule has 11 heteroatoms. The molecule has 0 radical (unpaired) electrons. The smallest absolute Gasteiger partial charge is 0.322 e. The molecular weight excluding hydrogens is 440 g/mol. The maximum Gasteiger partial charge on any atom is 0.416 e. The van der Waals surface area contributed by atoms with Gasteiger partial charge in [0.25, 0.3) is 11.8 Å². The molecule has 1 unspecified atom stereocenters. The first-order valence-electron chi connectivity index (χ1n) is 9.43. The summed E-state index contributed by atoms with van der Waals surface area (Å²) in [6.45, 7) is 3.14. The van der Waals surface area contributed by atoms with Gasteiger partial charge in [0.05, 0.1) is 18.2 Å². The van der Waals surface area contributed by atoms with Crippen molar-refractivity contribution in [1.29, 1.82) is 0 Å². The van der Waals surface area contributed by atoms with Gasteiger partial charge in [-0.2, -0.15) is 26.3 Å². The number of carbonyl (C=O) groups is 2. The molecule has 0 spiro atoms. The highest BCUT2D eigenvalue weighted by molar-refractivity contribution is 5.94. The molecule has 0 aliphatic carbocycles. The third-order valence-electron chi connectivity index (χ3n) is 4.54. The summed E-state index contributed by atoms with van der Waals surface area (Å²) < 4.78 is 77.6. The molecule has 0 saturated heterocycles. The van der Waals surface area contributed by atoms with E-state index in [9.17, 15) is 35.9 Å². The van der Waals surface area contributed by atoms with Crippen LogP contribution >= 0.6 is 0 Å². The van der Waals surface area contributed by atoms with E-state index in [0.717, 1.165) is 11.1 Å². The van der Waals surface area contributed by atoms with E-state index in [0.29, 0.717) is 22.7 Å². The van der Waals surface area contributed by atoms with Gasteiger partial charge in [-0.1, -0.05) is 18.2 Å². The highest BCUT2D eigenvalue weighted by Crippen LogP contribution is 2.37. The number of benzene rings is 2. The molecule has 0 heterocycles. The highest BCUT2D eigenvalue weighted by atomic mass is 19.4. The Bertz CT molecular complexity index is 950. The molecule has 0 bridgehead atoms. The molecule has 2 amide bonds. The van der Waals surface area contributed by atoms with Gasteiger partial charge in [-0.3, -0.25) is 9.59 Å². The Labute approximate surface area is 180 Å². The Hall–Kier alpha value is -3.08. The van der Waals surface area contributed by atoms with Gasteiger partial charge in [0.1, 0.15) is 0 Å². The van der Waals surface area contributed by atoms with Crippen molar-refractivity contribution in [3.63, 3.8) is 0 Å². The van der Waals surface area contributed by atoms with Crippen molar-refractivity contribution in [3.8, 4) is 0 Å². The van der Waals surface area contributed by atoms with E-state index in [1.54, 1.807) is 0 Å². The summed E-state index contributed by atoms with van der Waals surface area (Å²) in [5, 5.41) is 4.79. The minimum absolute atomic E-state index is 0.0229. The molecule has 174 valence electrons. The number of hydrogen-bond donors (Lipinski definition) is 3. The van der Waals surface area contributed by atoms with Crippen molar-refractivity contribution in [2.24, 2.45) is 0 Å². The topological polar surface area (TPSA) is 62.6 Å². The molecule has 0 aliphatic rings. The number of carbonyl (C=O) groups excluding carboxylic acids is 2. The number of para-hydroxylation sites is 1. The van der Waals surface area contributed by atoms with Crippen LogP contribution in [0.3, 0.4) is 0 Å². The Morgan fingerprint density at radius 3 is 1.69 bits per heavy atom. The average Bonchev–Trinajstić information content (AvgIpc) is 2.62. The first kappa shape index (κ1) is 25.2. The van der Waals surface area contributed by atoms with E-state index >= 15 is 0 Å². The first-order valence-corrected chi connectivity index (χ1v) is 9.43. The monoisotopic (exact) mass is 462 g/mol. The maximum absolute atomic E-state index is 12.9. The summed E-state index contributed by atoms with van der Waals surface area (Å²) in [5.74, 6) is -1.24. The van der Waals surface area contributed by atoms with Crippen LogP contribution in [-0.2, 0) is 21.9 Å². The minimum atomic E-state index is -5.02. The fourth-order valence-corrected chi connectivity index (χ4v) is 3.04. The lowest BCUT2D eigenvalue weighted by atomic mass is 10.1. The van der Waals surface area contributed by atoms with Gasteiger partial charge in [-0.25, -0.2) is 0 Å². The average molecular weight is 462 g/mol. The molecular formula is C21H22F6N3O2+. The van der Waals surface area contributed by atoms with Crippen molar-refractivity contribution >= 4 is 23.2 Å². The molecule has 2 aromatic carbocycles. The number of quaternary nitrogens is 1. The van der Waals surface area contributed by atoms with E-state index in [2.05, 4.69) is 5.32 Å². The number of likely N-dealkylation sites (N-methyl/N-ethyl adjacent to an activating group) is 1. The number of hydrogen-bond acceptors (Lipinski definition) is 2. The van der Waals surface area contributed by atoms with Crippen LogP contribution in [0.25, 0.3) is 0 Å². The molecule has 1 atom stereocenters. The van der Waals surface area contributed by atoms with E-state index in [1.165, 1.54) is 7.05 Å². The van der Waals surface area contributed by atoms with Crippen LogP contribution in [0.4, 0.5) is 37.7 Å². The summed E-state index contributed by atoms with van der Waals surface area (Å²) in [6.07, 6.45) is -10.0. The summed E-state index contributed by atoms with van der Waals surface area (Å²) in [4.78, 5) is 24.8. The SMILES string of the molecule is Cc1cccc(C)c1NC(=O)C[NH+](C)CC(=O)Nc1cc(C(F)(F)F)cc(C(F)(F)F)c1. The lowest BCUT2D eigenvalue weighted by Crippen LogP contribution is -3.11. The second-order valence-electron chi connectivity index (χ2n) is 7.47. The van der Waals surface area contributed by atoms with Gasteiger partial charge in [0, 0.05) is 11.4 Å². The molecule has 0 fully saturated rings. The summed E-state index contributed by atoms with van der Waals surface area (Å²) in [5.41, 5.74) is -1.37. The van der Waals surface area contributed by atoms with Crippen LogP contribution in [0.15, 0.2) is 36.4 Å². The van der Waals surface area contributed by atoms with Gasteiger partial charge in [0.15, 0.2) is 13.1 Å². The van der Waals surface area contributed by atoms with Gasteiger partial charge in [0.2, 0.25) is 0 Å². The third-order valence-corrected chi connectivity index (χ3v) is 4.54. The largest absolute Gasteiger partial charge is 0.416 e. The van der Waals surface area contributed by atoms with Crippen LogP contribution in [0.2, 0.25) is 0 Å². The molecule has 3 N–H and O–H groups in total. The number of aryl methyl sites for hydroxylation is 2. The minimum Gasteiger partial charge on any atom is -0.322 e. The number of amides is 2. The normalized spacial score (nSPS) is 12.9. The molecule has 32 heavy (non-hydrogen) atoms. The van der Waals surface area contributed by atoms with E-state index in [4.69, 9.17) is 0 Å². The summed E-state index contributed by atoms with van der Waals surface area (Å²) in [6, 6.07) is 6.30. The standard InChI is InChI=1S/C21H21F6N3O2/c1-12-5-4-6-13(2)19(12)29-18(32)11-30(3)10-17(31)28-16-8-14(20(22,23)24)7-15(9-16)21(25,26)27/h4-9H,10-11H2,1-3H3,(H,28,31)(H,29,32)/p+1. The van der Waals surface area contributed by atoms with Crippen molar-refractivity contribution in [3.05, 3.63) is 58.7 Å². The lowest BCUT2D eigenvalue weighted by Gasteiger charge is -2.17. The second-order valence-corrected chi connectivity index (χ2v) is 7.47. The van der Waals surface area contributed by atoms with E-state index < -0.39 is 41.0 Å². The Kier molecular flexibility index (Phi) is 7.55. The highest BCUT2D eigenvalue weighted by Gasteiger charge is 2.37. The van der Waals surface area contributed by atoms with Gasteiger partial charge in [-0.15, -0.1) is 0 Å². The number of nitrogens with one attached hydrogen (secondary N) is 3. The van der Waals surface area contributed by atoms with Crippen molar-refractivity contribution < 1.29 is 40.8 Å². The maximum atomic E-state index is 12.9. The zero-order valence-electron chi connectivity index (χ0n) is 17.5.